The van der Waals surface area contributed by atoms with Gasteiger partial charge in [-0.05, 0) is 6.42 Å². The normalized spacial score (nSPS) is 21.0. The molecule has 0 N–H and O–H groups in total. The van der Waals surface area contributed by atoms with E-state index in [9.17, 15) is 0 Å². The average molecular weight is 126 g/mol. The monoisotopic (exact) mass is 126 g/mol. The molecule has 0 unspecified atom stereocenters. The van der Waals surface area contributed by atoms with Crippen LogP contribution in [0.3, 0.4) is 0 Å². The summed E-state index contributed by atoms with van der Waals surface area (Å²) < 4.78 is 5.33. The fraction of sp³-hybridized carbons (Fsp3) is 0.667. The molecule has 0 bridgehead atoms. The first-order valence-electron chi connectivity index (χ1n) is 3.23. The highest BCUT2D eigenvalue weighted by Crippen LogP contribution is 1.99. The molecule has 0 spiro atoms. The topological polar surface area (TPSA) is 9.23 Å². The summed E-state index contributed by atoms with van der Waals surface area (Å²) >= 11 is -0.0997. The molecule has 0 aliphatic carbocycles. The second-order valence-corrected chi connectivity index (χ2v) is 3.57. The van der Waals surface area contributed by atoms with Gasteiger partial charge < -0.3 is 3.79 Å². The van der Waals surface area contributed by atoms with Crippen LogP contribution in [0, 0.1) is 0 Å². The molecule has 44 valence electrons. The van der Waals surface area contributed by atoms with Crippen molar-refractivity contribution in [3.8, 4) is 0 Å². The van der Waals surface area contributed by atoms with Gasteiger partial charge in [-0.3, -0.25) is 0 Å². The highest BCUT2D eigenvalue weighted by molar-refractivity contribution is 6.27. The third-order valence-electron chi connectivity index (χ3n) is 1.29. The Morgan fingerprint density at radius 3 is 3.38 bits per heavy atom. The summed E-state index contributed by atoms with van der Waals surface area (Å²) in [4.78, 5) is 0. The molecule has 8 heavy (non-hydrogen) atoms. The summed E-state index contributed by atoms with van der Waals surface area (Å²) in [6.07, 6.45) is 6.97. The van der Waals surface area contributed by atoms with E-state index in [1.807, 2.05) is 0 Å². The van der Waals surface area contributed by atoms with E-state index >= 15 is 0 Å². The van der Waals surface area contributed by atoms with Gasteiger partial charge >= 0.3 is 15.6 Å². The molecule has 0 aromatic rings. The van der Waals surface area contributed by atoms with Gasteiger partial charge in [0.1, 0.15) is 0 Å². The minimum Gasteiger partial charge on any atom is -0.500 e. The Morgan fingerprint density at radius 1 is 1.38 bits per heavy atom. The lowest BCUT2D eigenvalue weighted by Crippen LogP contribution is -1.99. The molecule has 1 aliphatic heterocycles. The van der Waals surface area contributed by atoms with Crippen LogP contribution in [0.25, 0.3) is 0 Å². The number of hydrogen-bond donors (Lipinski definition) is 0. The molecule has 0 fully saturated rings. The van der Waals surface area contributed by atoms with Crippen LogP contribution in [-0.2, 0) is 3.79 Å². The molecule has 0 aromatic heterocycles. The molecule has 0 atom stereocenters. The molecule has 1 aliphatic rings. The molecule has 0 saturated heterocycles. The third kappa shape index (κ3) is 2.52. The Labute approximate surface area is 56.8 Å². The number of rotatable bonds is 0. The number of hydrogen-bond acceptors (Lipinski definition) is 1. The van der Waals surface area contributed by atoms with Gasteiger partial charge in [0.2, 0.25) is 0 Å². The predicted octanol–water partition coefficient (Wildman–Crippen LogP) is 1.12. The van der Waals surface area contributed by atoms with Crippen molar-refractivity contribution >= 4 is 15.6 Å². The Bertz CT molecular complexity index is 70.6. The Morgan fingerprint density at radius 2 is 2.38 bits per heavy atom. The Balaban J connectivity index is 2.17. The van der Waals surface area contributed by atoms with Crippen molar-refractivity contribution in [2.75, 3.05) is 6.61 Å². The zero-order valence-electron chi connectivity index (χ0n) is 5.10. The quantitative estimate of drug-likeness (QED) is 0.349. The van der Waals surface area contributed by atoms with E-state index in [4.69, 9.17) is 3.79 Å². The van der Waals surface area contributed by atoms with Gasteiger partial charge in [-0.25, -0.2) is 0 Å². The lowest BCUT2D eigenvalue weighted by atomic mass is 10.3. The molecule has 1 nitrogen and oxygen atoms in total. The summed E-state index contributed by atoms with van der Waals surface area (Å²) in [5.74, 6) is 0. The number of allylic oxidation sites excluding steroid dienone is 1. The van der Waals surface area contributed by atoms with Gasteiger partial charge in [0.15, 0.2) is 0 Å². The van der Waals surface area contributed by atoms with Gasteiger partial charge in [0.05, 0.1) is 0 Å². The van der Waals surface area contributed by atoms with E-state index in [1.54, 1.807) is 0 Å². The lowest BCUT2D eigenvalue weighted by Gasteiger charge is -2.00. The van der Waals surface area contributed by atoms with E-state index in [1.165, 1.54) is 18.1 Å². The first kappa shape index (κ1) is 6.35. The fourth-order valence-corrected chi connectivity index (χ4v) is 1.80. The van der Waals surface area contributed by atoms with Crippen LogP contribution in [0.1, 0.15) is 12.8 Å². The van der Waals surface area contributed by atoms with Crippen molar-refractivity contribution < 1.29 is 3.79 Å². The van der Waals surface area contributed by atoms with Gasteiger partial charge in [0, 0.05) is 6.61 Å². The molecule has 1 heterocycles. The molecule has 2 heteroatoms. The van der Waals surface area contributed by atoms with Gasteiger partial charge in [-0.2, -0.15) is 0 Å². The van der Waals surface area contributed by atoms with Crippen molar-refractivity contribution in [1.29, 1.82) is 0 Å². The third-order valence-corrected chi connectivity index (χ3v) is 2.60. The van der Waals surface area contributed by atoms with Gasteiger partial charge in [0.25, 0.3) is 0 Å². The maximum atomic E-state index is 5.33. The summed E-state index contributed by atoms with van der Waals surface area (Å²) in [5, 5.41) is 1.37. The molecule has 0 amide bonds. The van der Waals surface area contributed by atoms with E-state index in [0.717, 1.165) is 6.61 Å². The molecular formula is C6H11AlO. The minimum absolute atomic E-state index is 0.0997. The van der Waals surface area contributed by atoms with Crippen molar-refractivity contribution in [3.05, 3.63) is 12.2 Å². The first-order chi connectivity index (χ1) is 4.00. The highest BCUT2D eigenvalue weighted by Gasteiger charge is 1.94. The zero-order valence-corrected chi connectivity index (χ0v) is 6.51. The summed E-state index contributed by atoms with van der Waals surface area (Å²) in [7, 11) is 0. The summed E-state index contributed by atoms with van der Waals surface area (Å²) in [5.41, 5.74) is 0. The van der Waals surface area contributed by atoms with E-state index < -0.39 is 0 Å². The standard InChI is InChI=1S/C6H10O.Al.H/c1-2-3-4-5-6-7;;/h4-5H,1-3,6H2;;/q-1;+1;. The Hall–Kier alpha value is 0.232. The molecule has 1 rings (SSSR count). The van der Waals surface area contributed by atoms with Crippen molar-refractivity contribution in [3.63, 3.8) is 0 Å². The molecular weight excluding hydrogens is 115 g/mol. The van der Waals surface area contributed by atoms with Crippen molar-refractivity contribution in [1.82, 2.24) is 0 Å². The summed E-state index contributed by atoms with van der Waals surface area (Å²) in [6.45, 7) is 0.881. The van der Waals surface area contributed by atoms with E-state index in [0.29, 0.717) is 0 Å². The maximum Gasteiger partial charge on any atom is 0.435 e. The SMILES string of the molecule is C1=CC[O][AlH][CH2]CC1. The van der Waals surface area contributed by atoms with Crippen LogP contribution in [0.5, 0.6) is 0 Å². The second-order valence-electron chi connectivity index (χ2n) is 2.04. The molecule has 0 aromatic carbocycles. The predicted molar refractivity (Wildman–Crippen MR) is 36.3 cm³/mol. The van der Waals surface area contributed by atoms with Crippen LogP contribution in [-0.4, -0.2) is 22.2 Å². The zero-order chi connectivity index (χ0) is 5.66. The van der Waals surface area contributed by atoms with Crippen molar-refractivity contribution in [2.24, 2.45) is 0 Å². The van der Waals surface area contributed by atoms with Gasteiger partial charge in [-0.1, -0.05) is 23.9 Å². The molecule has 0 radical (unpaired) electrons. The van der Waals surface area contributed by atoms with E-state index in [2.05, 4.69) is 12.2 Å². The van der Waals surface area contributed by atoms with Crippen LogP contribution in [0.2, 0.25) is 5.28 Å². The van der Waals surface area contributed by atoms with Gasteiger partial charge in [-0.15, -0.1) is 0 Å². The lowest BCUT2D eigenvalue weighted by molar-refractivity contribution is 0.381. The van der Waals surface area contributed by atoms with Crippen molar-refractivity contribution in [2.45, 2.75) is 18.1 Å². The minimum atomic E-state index is -0.0997. The van der Waals surface area contributed by atoms with Crippen LogP contribution in [0.15, 0.2) is 12.2 Å². The molecule has 0 saturated carbocycles. The van der Waals surface area contributed by atoms with E-state index in [-0.39, 0.29) is 15.6 Å². The maximum absolute atomic E-state index is 5.33. The second kappa shape index (κ2) is 4.15. The fourth-order valence-electron chi connectivity index (χ4n) is 0.804. The average Bonchev–Trinajstić information content (AvgIpc) is 1.62. The highest BCUT2D eigenvalue weighted by atomic mass is 27.1. The van der Waals surface area contributed by atoms with Crippen LogP contribution >= 0.6 is 0 Å². The Kier molecular flexibility index (Phi) is 3.29. The largest absolute Gasteiger partial charge is 0.500 e. The summed E-state index contributed by atoms with van der Waals surface area (Å²) in [6, 6.07) is 0. The smallest absolute Gasteiger partial charge is 0.435 e. The first-order valence-corrected chi connectivity index (χ1v) is 4.80. The van der Waals surface area contributed by atoms with Crippen LogP contribution in [0.4, 0.5) is 0 Å². The van der Waals surface area contributed by atoms with Crippen LogP contribution < -0.4 is 0 Å².